The van der Waals surface area contributed by atoms with Gasteiger partial charge in [-0.3, -0.25) is 9.13 Å². The molecular formula is C18H44Cl2F2O10P2. The molecule has 0 aromatic rings. The lowest BCUT2D eigenvalue weighted by molar-refractivity contribution is 0.110. The highest BCUT2D eigenvalue weighted by atomic mass is 35.5. The Morgan fingerprint density at radius 1 is 0.765 bits per heavy atom. The first kappa shape index (κ1) is 44.6. The Morgan fingerprint density at radius 2 is 0.912 bits per heavy atom. The van der Waals surface area contributed by atoms with Crippen molar-refractivity contribution >= 4 is 38.4 Å². The van der Waals surface area contributed by atoms with Gasteiger partial charge < -0.3 is 38.5 Å². The number of hydrogen-bond acceptors (Lipinski definition) is 10. The van der Waals surface area contributed by atoms with Crippen LogP contribution in [-0.2, 0) is 27.2 Å². The summed E-state index contributed by atoms with van der Waals surface area (Å²) in [5.41, 5.74) is 0. The molecule has 0 radical (unpaired) electrons. The quantitative estimate of drug-likeness (QED) is 0.186. The number of halogens is 4. The van der Waals surface area contributed by atoms with E-state index >= 15 is 0 Å². The Balaban J connectivity index is -0.000000134. The van der Waals surface area contributed by atoms with Crippen molar-refractivity contribution in [3.05, 3.63) is 0 Å². The van der Waals surface area contributed by atoms with Gasteiger partial charge in [0.25, 0.3) is 0 Å². The summed E-state index contributed by atoms with van der Waals surface area (Å²) < 4.78 is 65.7. The molecule has 10 nitrogen and oxygen atoms in total. The zero-order valence-electron chi connectivity index (χ0n) is 21.2. The Hall–Kier alpha value is 0.580. The van der Waals surface area contributed by atoms with Crippen LogP contribution in [0.3, 0.4) is 0 Å². The molecule has 0 aliphatic rings. The number of hydrogen-bond donors (Lipinski definition) is 4. The molecule has 0 heterocycles. The SMILES string of the molecule is CC(C)O.CC(O)CO.CCO.CCOP(=O)(CP(=O)(OCC)OCC)OCC.FC(F)(Cl)Cl. The predicted octanol–water partition coefficient (Wildman–Crippen LogP) is 5.24. The fourth-order valence-corrected chi connectivity index (χ4v) is 5.96. The first-order valence-electron chi connectivity index (χ1n) is 10.5. The molecule has 0 aliphatic heterocycles. The first-order chi connectivity index (χ1) is 15.4. The Bertz CT molecular complexity index is 443. The van der Waals surface area contributed by atoms with Crippen LogP contribution in [0.2, 0.25) is 0 Å². The third-order valence-electron chi connectivity index (χ3n) is 1.91. The van der Waals surface area contributed by atoms with E-state index in [1.165, 1.54) is 6.92 Å². The average Bonchev–Trinajstić information content (AvgIpc) is 2.61. The Labute approximate surface area is 212 Å². The second-order valence-electron chi connectivity index (χ2n) is 5.90. The molecule has 4 N–H and O–H groups in total. The smallest absolute Gasteiger partial charge is 0.397 e. The van der Waals surface area contributed by atoms with E-state index in [4.69, 9.17) is 38.5 Å². The van der Waals surface area contributed by atoms with Gasteiger partial charge in [-0.25, -0.2) is 0 Å². The lowest BCUT2D eigenvalue weighted by Crippen LogP contribution is -2.05. The van der Waals surface area contributed by atoms with Gasteiger partial charge in [0, 0.05) is 12.7 Å². The van der Waals surface area contributed by atoms with E-state index in [0.717, 1.165) is 0 Å². The fraction of sp³-hybridized carbons (Fsp3) is 1.00. The van der Waals surface area contributed by atoms with E-state index in [0.29, 0.717) is 0 Å². The summed E-state index contributed by atoms with van der Waals surface area (Å²) in [6.07, 6.45) is -0.727. The molecule has 0 spiro atoms. The monoisotopic (exact) mass is 590 g/mol. The van der Waals surface area contributed by atoms with Gasteiger partial charge in [0.05, 0.1) is 39.1 Å². The maximum absolute atomic E-state index is 12.2. The minimum Gasteiger partial charge on any atom is -0.397 e. The molecule has 34 heavy (non-hydrogen) atoms. The van der Waals surface area contributed by atoms with Gasteiger partial charge in [-0.15, -0.1) is 0 Å². The number of rotatable bonds is 11. The van der Waals surface area contributed by atoms with Crippen LogP contribution < -0.4 is 0 Å². The van der Waals surface area contributed by atoms with E-state index in [1.54, 1.807) is 48.5 Å². The fourth-order valence-electron chi connectivity index (χ4n) is 1.24. The van der Waals surface area contributed by atoms with Crippen molar-refractivity contribution in [1.29, 1.82) is 0 Å². The minimum absolute atomic E-state index is 0.139. The molecule has 0 rings (SSSR count). The van der Waals surface area contributed by atoms with Crippen LogP contribution in [0.4, 0.5) is 8.78 Å². The van der Waals surface area contributed by atoms with Crippen molar-refractivity contribution in [1.82, 2.24) is 0 Å². The molecule has 1 unspecified atom stereocenters. The van der Waals surface area contributed by atoms with Gasteiger partial charge in [0.2, 0.25) is 0 Å². The van der Waals surface area contributed by atoms with Gasteiger partial charge in [0.1, 0.15) is 0 Å². The summed E-state index contributed by atoms with van der Waals surface area (Å²) in [4.78, 5) is -3.56. The van der Waals surface area contributed by atoms with Crippen molar-refractivity contribution in [3.8, 4) is 0 Å². The summed E-state index contributed by atoms with van der Waals surface area (Å²) in [5, 5.41) is 31.6. The molecule has 1 atom stereocenters. The molecule has 0 aromatic carbocycles. The molecule has 214 valence electrons. The van der Waals surface area contributed by atoms with Crippen LogP contribution >= 0.6 is 38.4 Å². The number of aliphatic hydroxyl groups is 4. The van der Waals surface area contributed by atoms with E-state index < -0.39 is 26.1 Å². The third-order valence-corrected chi connectivity index (χ3v) is 7.29. The molecule has 0 saturated heterocycles. The van der Waals surface area contributed by atoms with Crippen LogP contribution in [-0.4, -0.2) is 83.0 Å². The van der Waals surface area contributed by atoms with Crippen molar-refractivity contribution in [2.45, 2.75) is 72.4 Å². The lowest BCUT2D eigenvalue weighted by Gasteiger charge is -2.22. The lowest BCUT2D eigenvalue weighted by atomic mass is 10.5. The average molecular weight is 591 g/mol. The molecule has 0 amide bonds. The maximum atomic E-state index is 12.2. The summed E-state index contributed by atoms with van der Waals surface area (Å²) in [7, 11) is -6.83. The van der Waals surface area contributed by atoms with Gasteiger partial charge in [-0.2, -0.15) is 8.78 Å². The largest absolute Gasteiger partial charge is 0.401 e. The van der Waals surface area contributed by atoms with Crippen LogP contribution in [0.25, 0.3) is 0 Å². The van der Waals surface area contributed by atoms with Crippen LogP contribution in [0.15, 0.2) is 0 Å². The van der Waals surface area contributed by atoms with Crippen LogP contribution in [0.5, 0.6) is 0 Å². The Kier molecular flexibility index (Phi) is 36.9. The standard InChI is InChI=1S/C9H22O6P2.C3H8O2.C3H8O.C2H6O.CCl2F2/c1-5-12-16(10,13-6-2)9-17(11,14-7-3)15-8-4;1-3(5)2-4;1-3(2)4;1-2-3;2-1(3,4)5/h5-9H2,1-4H3;3-5H,2H2,1H3;3-4H,1-2H3;3H,2H2,1H3;. The highest BCUT2D eigenvalue weighted by Gasteiger charge is 2.37. The molecule has 0 saturated carbocycles. The normalized spacial score (nSPS) is 12.0. The van der Waals surface area contributed by atoms with Gasteiger partial charge in [0.15, 0.2) is 5.90 Å². The zero-order valence-corrected chi connectivity index (χ0v) is 24.5. The topological polar surface area (TPSA) is 152 Å². The molecule has 0 fully saturated rings. The molecule has 16 heteroatoms. The highest BCUT2D eigenvalue weighted by Crippen LogP contribution is 2.63. The van der Waals surface area contributed by atoms with Crippen molar-refractivity contribution in [2.24, 2.45) is 0 Å². The zero-order chi connectivity index (χ0) is 28.4. The van der Waals surface area contributed by atoms with Crippen molar-refractivity contribution in [2.75, 3.05) is 45.5 Å². The van der Waals surface area contributed by atoms with E-state index in [-0.39, 0.29) is 51.6 Å². The van der Waals surface area contributed by atoms with Gasteiger partial charge in [-0.05, 0) is 78.6 Å². The third kappa shape index (κ3) is 53.8. The number of alkyl halides is 4. The van der Waals surface area contributed by atoms with E-state index in [9.17, 15) is 17.9 Å². The summed E-state index contributed by atoms with van der Waals surface area (Å²) in [6, 6.07) is 0. The van der Waals surface area contributed by atoms with Gasteiger partial charge in [-0.1, -0.05) is 0 Å². The van der Waals surface area contributed by atoms with Crippen molar-refractivity contribution < 1.29 is 56.4 Å². The summed E-state index contributed by atoms with van der Waals surface area (Å²) in [5.74, 6) is -0.344. The van der Waals surface area contributed by atoms with E-state index in [1.807, 2.05) is 0 Å². The highest BCUT2D eigenvalue weighted by molar-refractivity contribution is 7.71. The number of aliphatic hydroxyl groups excluding tert-OH is 4. The molecular weight excluding hydrogens is 547 g/mol. The first-order valence-corrected chi connectivity index (χ1v) is 14.7. The molecule has 0 aromatic heterocycles. The summed E-state index contributed by atoms with van der Waals surface area (Å²) in [6.45, 7) is 14.4. The van der Waals surface area contributed by atoms with E-state index in [2.05, 4.69) is 23.2 Å². The Morgan fingerprint density at radius 3 is 1.00 bits per heavy atom. The second kappa shape index (κ2) is 28.2. The van der Waals surface area contributed by atoms with Crippen molar-refractivity contribution in [3.63, 3.8) is 0 Å². The minimum atomic E-state index is -3.56. The summed E-state index contributed by atoms with van der Waals surface area (Å²) >= 11 is 7.92. The van der Waals surface area contributed by atoms with Crippen LogP contribution in [0.1, 0.15) is 55.4 Å². The van der Waals surface area contributed by atoms with Gasteiger partial charge >= 0.3 is 20.0 Å². The maximum Gasteiger partial charge on any atom is 0.401 e. The molecule has 0 bridgehead atoms. The molecule has 0 aliphatic carbocycles. The van der Waals surface area contributed by atoms with Crippen LogP contribution in [0, 0.1) is 0 Å². The second-order valence-corrected chi connectivity index (χ2v) is 11.7. The predicted molar refractivity (Wildman–Crippen MR) is 132 cm³/mol.